The molecule has 3 aromatic rings. The van der Waals surface area contributed by atoms with E-state index in [1.54, 1.807) is 17.0 Å². The van der Waals surface area contributed by atoms with E-state index in [2.05, 4.69) is 17.1 Å². The predicted molar refractivity (Wildman–Crippen MR) is 123 cm³/mol. The average molecular weight is 442 g/mol. The van der Waals surface area contributed by atoms with Gasteiger partial charge in [-0.15, -0.1) is 10.2 Å². The topological polar surface area (TPSA) is 73.8 Å². The third-order valence-corrected chi connectivity index (χ3v) is 5.89. The zero-order valence-corrected chi connectivity index (χ0v) is 19.3. The second-order valence-electron chi connectivity index (χ2n) is 6.93. The van der Waals surface area contributed by atoms with E-state index < -0.39 is 0 Å². The van der Waals surface area contributed by atoms with Crippen LogP contribution >= 0.6 is 11.3 Å². The minimum atomic E-state index is -0.194. The number of rotatable bonds is 9. The molecule has 8 heteroatoms. The Morgan fingerprint density at radius 2 is 1.71 bits per heavy atom. The molecule has 1 heterocycles. The molecule has 2 aromatic carbocycles. The van der Waals surface area contributed by atoms with Crippen LogP contribution in [0.3, 0.4) is 0 Å². The van der Waals surface area contributed by atoms with Gasteiger partial charge in [0.05, 0.1) is 21.3 Å². The fraction of sp³-hybridized carbons (Fsp3) is 0.348. The Morgan fingerprint density at radius 1 is 1.03 bits per heavy atom. The molecule has 1 aromatic heterocycles. The summed E-state index contributed by atoms with van der Waals surface area (Å²) in [7, 11) is 4.59. The van der Waals surface area contributed by atoms with E-state index in [4.69, 9.17) is 14.2 Å². The van der Waals surface area contributed by atoms with Crippen molar-refractivity contribution >= 4 is 22.4 Å². The number of carbonyl (C=O) groups is 1. The lowest BCUT2D eigenvalue weighted by Crippen LogP contribution is -2.32. The number of ether oxygens (including phenoxy) is 3. The van der Waals surface area contributed by atoms with E-state index in [1.807, 2.05) is 31.2 Å². The highest BCUT2D eigenvalue weighted by molar-refractivity contribution is 7.18. The Morgan fingerprint density at radius 3 is 2.29 bits per heavy atom. The Bertz CT molecular complexity index is 1030. The molecular weight excluding hydrogens is 414 g/mol. The number of carbonyl (C=O) groups excluding carboxylic acids is 1. The van der Waals surface area contributed by atoms with Crippen LogP contribution in [0.25, 0.3) is 10.6 Å². The van der Waals surface area contributed by atoms with Gasteiger partial charge >= 0.3 is 0 Å². The molecule has 0 saturated heterocycles. The summed E-state index contributed by atoms with van der Waals surface area (Å²) in [5.74, 6) is 1.11. The molecule has 0 fully saturated rings. The maximum atomic E-state index is 13.5. The summed E-state index contributed by atoms with van der Waals surface area (Å²) in [6.07, 6.45) is 1.79. The SMILES string of the molecule is CCCCN(C(=O)c1cc(OC)c(OC)c(OC)c1)c1nnc(-c2ccccc2C)s1. The van der Waals surface area contributed by atoms with Crippen molar-refractivity contribution in [2.45, 2.75) is 26.7 Å². The summed E-state index contributed by atoms with van der Waals surface area (Å²) >= 11 is 1.40. The fourth-order valence-corrected chi connectivity index (χ4v) is 4.17. The number of anilines is 1. The van der Waals surface area contributed by atoms with Crippen molar-refractivity contribution in [3.63, 3.8) is 0 Å². The summed E-state index contributed by atoms with van der Waals surface area (Å²) in [5.41, 5.74) is 2.56. The molecule has 164 valence electrons. The van der Waals surface area contributed by atoms with Crippen molar-refractivity contribution < 1.29 is 19.0 Å². The van der Waals surface area contributed by atoms with Crippen molar-refractivity contribution in [3.05, 3.63) is 47.5 Å². The van der Waals surface area contributed by atoms with Crippen molar-refractivity contribution in [2.75, 3.05) is 32.8 Å². The molecule has 0 N–H and O–H groups in total. The van der Waals surface area contributed by atoms with Gasteiger partial charge in [-0.2, -0.15) is 0 Å². The third kappa shape index (κ3) is 4.80. The van der Waals surface area contributed by atoms with Crippen LogP contribution in [0.1, 0.15) is 35.7 Å². The second kappa shape index (κ2) is 10.3. The van der Waals surface area contributed by atoms with Gasteiger partial charge in [-0.1, -0.05) is 48.9 Å². The molecular formula is C23H27N3O4S. The lowest BCUT2D eigenvalue weighted by atomic mass is 10.1. The fourth-order valence-electron chi connectivity index (χ4n) is 3.21. The van der Waals surface area contributed by atoms with E-state index in [9.17, 15) is 4.79 Å². The average Bonchev–Trinajstić information content (AvgIpc) is 3.28. The molecule has 0 atom stereocenters. The van der Waals surface area contributed by atoms with E-state index in [0.717, 1.165) is 29.0 Å². The number of hydrogen-bond acceptors (Lipinski definition) is 7. The van der Waals surface area contributed by atoms with Crippen LogP contribution in [0.15, 0.2) is 36.4 Å². The molecule has 3 rings (SSSR count). The standard InChI is InChI=1S/C23H27N3O4S/c1-6-7-12-26(23-25-24-21(31-23)17-11-9-8-10-15(17)2)22(27)16-13-18(28-3)20(30-5)19(14-16)29-4/h8-11,13-14H,6-7,12H2,1-5H3. The van der Waals surface area contributed by atoms with Gasteiger partial charge in [0.25, 0.3) is 5.91 Å². The quantitative estimate of drug-likeness (QED) is 0.466. The van der Waals surface area contributed by atoms with Gasteiger partial charge in [0.2, 0.25) is 10.9 Å². The summed E-state index contributed by atoms with van der Waals surface area (Å²) in [5, 5.41) is 10.0. The maximum Gasteiger partial charge on any atom is 0.260 e. The number of unbranched alkanes of at least 4 members (excludes halogenated alkanes) is 1. The predicted octanol–water partition coefficient (Wildman–Crippen LogP) is 4.99. The Balaban J connectivity index is 2.00. The van der Waals surface area contributed by atoms with Gasteiger partial charge in [0.15, 0.2) is 11.5 Å². The number of amides is 1. The van der Waals surface area contributed by atoms with Gasteiger partial charge in [0, 0.05) is 17.7 Å². The lowest BCUT2D eigenvalue weighted by molar-refractivity contribution is 0.0985. The Labute approximate surface area is 186 Å². The second-order valence-corrected chi connectivity index (χ2v) is 7.89. The van der Waals surface area contributed by atoms with Crippen molar-refractivity contribution in [1.82, 2.24) is 10.2 Å². The first kappa shape index (κ1) is 22.6. The number of benzene rings is 2. The molecule has 31 heavy (non-hydrogen) atoms. The first-order valence-electron chi connectivity index (χ1n) is 10.0. The first-order valence-corrected chi connectivity index (χ1v) is 10.9. The molecule has 7 nitrogen and oxygen atoms in total. The molecule has 0 aliphatic heterocycles. The Hall–Kier alpha value is -3.13. The van der Waals surface area contributed by atoms with Crippen LogP contribution in [-0.2, 0) is 0 Å². The number of aromatic nitrogens is 2. The summed E-state index contributed by atoms with van der Waals surface area (Å²) in [4.78, 5) is 15.2. The van der Waals surface area contributed by atoms with Crippen molar-refractivity contribution in [3.8, 4) is 27.8 Å². The number of methoxy groups -OCH3 is 3. The zero-order valence-electron chi connectivity index (χ0n) is 18.5. The van der Waals surface area contributed by atoms with E-state index >= 15 is 0 Å². The van der Waals surface area contributed by atoms with Gasteiger partial charge < -0.3 is 14.2 Å². The molecule has 0 bridgehead atoms. The number of hydrogen-bond donors (Lipinski definition) is 0. The van der Waals surface area contributed by atoms with Gasteiger partial charge in [-0.25, -0.2) is 0 Å². The molecule has 0 aliphatic carbocycles. The molecule has 0 aliphatic rings. The monoisotopic (exact) mass is 441 g/mol. The normalized spacial score (nSPS) is 10.6. The zero-order chi connectivity index (χ0) is 22.4. The molecule has 0 radical (unpaired) electrons. The molecule has 1 amide bonds. The summed E-state index contributed by atoms with van der Waals surface area (Å²) in [6.45, 7) is 4.65. The van der Waals surface area contributed by atoms with Crippen molar-refractivity contribution in [2.24, 2.45) is 0 Å². The lowest BCUT2D eigenvalue weighted by Gasteiger charge is -2.20. The number of nitrogens with zero attached hydrogens (tertiary/aromatic N) is 3. The first-order chi connectivity index (χ1) is 15.0. The maximum absolute atomic E-state index is 13.5. The largest absolute Gasteiger partial charge is 0.493 e. The molecule has 0 spiro atoms. The van der Waals surface area contributed by atoms with E-state index in [1.165, 1.54) is 32.7 Å². The van der Waals surface area contributed by atoms with Crippen molar-refractivity contribution in [1.29, 1.82) is 0 Å². The molecule has 0 saturated carbocycles. The highest BCUT2D eigenvalue weighted by Gasteiger charge is 2.25. The van der Waals surface area contributed by atoms with E-state index in [0.29, 0.717) is 34.5 Å². The van der Waals surface area contributed by atoms with Gasteiger partial charge in [-0.05, 0) is 31.0 Å². The summed E-state index contributed by atoms with van der Waals surface area (Å²) < 4.78 is 16.2. The van der Waals surface area contributed by atoms with E-state index in [-0.39, 0.29) is 5.91 Å². The van der Waals surface area contributed by atoms with Crippen LogP contribution in [0, 0.1) is 6.92 Å². The Kier molecular flexibility index (Phi) is 7.46. The van der Waals surface area contributed by atoms with Crippen LogP contribution in [0.5, 0.6) is 17.2 Å². The van der Waals surface area contributed by atoms with Crippen LogP contribution < -0.4 is 19.1 Å². The van der Waals surface area contributed by atoms with Crippen LogP contribution in [-0.4, -0.2) is 44.0 Å². The highest BCUT2D eigenvalue weighted by atomic mass is 32.1. The van der Waals surface area contributed by atoms with Gasteiger partial charge in [-0.3, -0.25) is 9.69 Å². The van der Waals surface area contributed by atoms with Crippen LogP contribution in [0.2, 0.25) is 0 Å². The minimum absolute atomic E-state index is 0.194. The van der Waals surface area contributed by atoms with Gasteiger partial charge in [0.1, 0.15) is 5.01 Å². The summed E-state index contributed by atoms with van der Waals surface area (Å²) in [6, 6.07) is 11.3. The smallest absolute Gasteiger partial charge is 0.260 e. The minimum Gasteiger partial charge on any atom is -0.493 e. The number of aryl methyl sites for hydroxylation is 1. The van der Waals surface area contributed by atoms with Crippen LogP contribution in [0.4, 0.5) is 5.13 Å². The third-order valence-electron chi connectivity index (χ3n) is 4.91. The highest BCUT2D eigenvalue weighted by Crippen LogP contribution is 2.39. The molecule has 0 unspecified atom stereocenters.